The van der Waals surface area contributed by atoms with Gasteiger partial charge in [-0.05, 0) is 46.1 Å². The SMILES string of the molecule is CCOC1CC(Nc2cncc(-n3nc(C)cc3C)n2)C12CCC2. The van der Waals surface area contributed by atoms with Gasteiger partial charge in [-0.2, -0.15) is 5.10 Å². The number of hydrogen-bond acceptors (Lipinski definition) is 5. The molecular formula is C18H25N5O. The van der Waals surface area contributed by atoms with Crippen molar-refractivity contribution in [3.8, 4) is 5.82 Å². The van der Waals surface area contributed by atoms with Crippen LogP contribution >= 0.6 is 0 Å². The van der Waals surface area contributed by atoms with Gasteiger partial charge >= 0.3 is 0 Å². The molecule has 24 heavy (non-hydrogen) atoms. The first-order valence-corrected chi connectivity index (χ1v) is 8.86. The Hall–Kier alpha value is -1.95. The van der Waals surface area contributed by atoms with Crippen molar-refractivity contribution < 1.29 is 4.74 Å². The molecule has 0 radical (unpaired) electrons. The number of nitrogens with zero attached hydrogens (tertiary/aromatic N) is 4. The van der Waals surface area contributed by atoms with Crippen LogP contribution in [0.5, 0.6) is 0 Å². The molecule has 0 aromatic carbocycles. The molecule has 0 saturated heterocycles. The van der Waals surface area contributed by atoms with E-state index < -0.39 is 0 Å². The van der Waals surface area contributed by atoms with Crippen LogP contribution in [0.4, 0.5) is 5.82 Å². The molecule has 2 aromatic rings. The van der Waals surface area contributed by atoms with E-state index in [0.29, 0.717) is 17.6 Å². The van der Waals surface area contributed by atoms with Gasteiger partial charge in [0.2, 0.25) is 0 Å². The number of aromatic nitrogens is 4. The van der Waals surface area contributed by atoms with Crippen molar-refractivity contribution >= 4 is 5.82 Å². The third-order valence-corrected chi connectivity index (χ3v) is 5.61. The molecule has 2 unspecified atom stereocenters. The van der Waals surface area contributed by atoms with E-state index >= 15 is 0 Å². The lowest BCUT2D eigenvalue weighted by atomic mass is 9.51. The molecule has 2 aromatic heterocycles. The van der Waals surface area contributed by atoms with E-state index in [4.69, 9.17) is 9.72 Å². The second-order valence-electron chi connectivity index (χ2n) is 7.06. The van der Waals surface area contributed by atoms with E-state index in [9.17, 15) is 0 Å². The van der Waals surface area contributed by atoms with Crippen molar-refractivity contribution in [1.29, 1.82) is 0 Å². The van der Waals surface area contributed by atoms with Crippen LogP contribution in [0, 0.1) is 19.3 Å². The average molecular weight is 327 g/mol. The molecule has 0 aliphatic heterocycles. The second-order valence-corrected chi connectivity index (χ2v) is 7.06. The molecule has 1 N–H and O–H groups in total. The van der Waals surface area contributed by atoms with E-state index in [1.54, 1.807) is 12.4 Å². The minimum atomic E-state index is 0.311. The number of ether oxygens (including phenoxy) is 1. The van der Waals surface area contributed by atoms with Crippen LogP contribution in [0.2, 0.25) is 0 Å². The largest absolute Gasteiger partial charge is 0.378 e. The molecule has 2 aliphatic carbocycles. The van der Waals surface area contributed by atoms with Gasteiger partial charge in [0, 0.05) is 23.8 Å². The minimum absolute atomic E-state index is 0.311. The first-order chi connectivity index (χ1) is 11.6. The van der Waals surface area contributed by atoms with Gasteiger partial charge in [0.25, 0.3) is 0 Å². The zero-order valence-corrected chi connectivity index (χ0v) is 14.6. The predicted molar refractivity (Wildman–Crippen MR) is 92.4 cm³/mol. The van der Waals surface area contributed by atoms with Gasteiger partial charge in [0.15, 0.2) is 5.82 Å². The Morgan fingerprint density at radius 2 is 2.17 bits per heavy atom. The van der Waals surface area contributed by atoms with E-state index in [0.717, 1.165) is 36.1 Å². The summed E-state index contributed by atoms with van der Waals surface area (Å²) in [5.74, 6) is 1.58. The Labute approximate surface area is 142 Å². The lowest BCUT2D eigenvalue weighted by Gasteiger charge is -2.61. The summed E-state index contributed by atoms with van der Waals surface area (Å²) in [4.78, 5) is 9.07. The molecule has 6 nitrogen and oxygen atoms in total. The van der Waals surface area contributed by atoms with E-state index in [1.165, 1.54) is 19.3 Å². The van der Waals surface area contributed by atoms with Crippen LogP contribution in [0.25, 0.3) is 5.82 Å². The molecule has 2 atom stereocenters. The van der Waals surface area contributed by atoms with Crippen molar-refractivity contribution in [3.05, 3.63) is 29.8 Å². The number of nitrogens with one attached hydrogen (secondary N) is 1. The predicted octanol–water partition coefficient (Wildman–Crippen LogP) is 3.04. The van der Waals surface area contributed by atoms with Gasteiger partial charge in [0.1, 0.15) is 5.82 Å². The van der Waals surface area contributed by atoms with Crippen LogP contribution in [-0.4, -0.2) is 38.5 Å². The monoisotopic (exact) mass is 327 g/mol. The lowest BCUT2D eigenvalue weighted by molar-refractivity contribution is -0.157. The third kappa shape index (κ3) is 2.40. The zero-order valence-electron chi connectivity index (χ0n) is 14.6. The maximum absolute atomic E-state index is 5.92. The molecule has 6 heteroatoms. The van der Waals surface area contributed by atoms with Gasteiger partial charge in [-0.1, -0.05) is 6.42 Å². The maximum Gasteiger partial charge on any atom is 0.174 e. The third-order valence-electron chi connectivity index (χ3n) is 5.61. The average Bonchev–Trinajstić information content (AvgIpc) is 2.83. The van der Waals surface area contributed by atoms with Crippen LogP contribution in [-0.2, 0) is 4.74 Å². The summed E-state index contributed by atoms with van der Waals surface area (Å²) >= 11 is 0. The second kappa shape index (κ2) is 5.84. The fourth-order valence-corrected chi connectivity index (χ4v) is 4.21. The quantitative estimate of drug-likeness (QED) is 0.914. The Bertz CT molecular complexity index is 737. The molecular weight excluding hydrogens is 302 g/mol. The van der Waals surface area contributed by atoms with E-state index in [2.05, 4.69) is 22.3 Å². The van der Waals surface area contributed by atoms with Crippen LogP contribution < -0.4 is 5.32 Å². The summed E-state index contributed by atoms with van der Waals surface area (Å²) < 4.78 is 7.77. The van der Waals surface area contributed by atoms with Gasteiger partial charge in [-0.15, -0.1) is 0 Å². The molecule has 0 amide bonds. The highest BCUT2D eigenvalue weighted by Gasteiger charge is 2.59. The Balaban J connectivity index is 1.52. The highest BCUT2D eigenvalue weighted by atomic mass is 16.5. The van der Waals surface area contributed by atoms with Gasteiger partial charge < -0.3 is 10.1 Å². The van der Waals surface area contributed by atoms with Crippen molar-refractivity contribution in [2.45, 2.75) is 58.6 Å². The van der Waals surface area contributed by atoms with Crippen LogP contribution in [0.1, 0.15) is 44.0 Å². The Morgan fingerprint density at radius 1 is 1.33 bits per heavy atom. The topological polar surface area (TPSA) is 64.9 Å². The molecule has 128 valence electrons. The summed E-state index contributed by atoms with van der Waals surface area (Å²) in [6, 6.07) is 2.48. The first-order valence-electron chi connectivity index (χ1n) is 8.86. The van der Waals surface area contributed by atoms with E-state index in [-0.39, 0.29) is 0 Å². The molecule has 2 fully saturated rings. The first kappa shape index (κ1) is 15.6. The highest BCUT2D eigenvalue weighted by molar-refractivity contribution is 5.40. The van der Waals surface area contributed by atoms with Crippen molar-refractivity contribution in [1.82, 2.24) is 19.7 Å². The smallest absolute Gasteiger partial charge is 0.174 e. The molecule has 4 rings (SSSR count). The normalized spacial score (nSPS) is 24.5. The standard InChI is InChI=1S/C18H25N5O/c1-4-24-15-9-14(18(15)6-5-7-18)20-16-10-19-11-17(21-16)23-13(3)8-12(2)22-23/h8,10-11,14-15H,4-7,9H2,1-3H3,(H,20,21). The molecule has 2 heterocycles. The van der Waals surface area contributed by atoms with Crippen LogP contribution in [0.3, 0.4) is 0 Å². The molecule has 2 saturated carbocycles. The lowest BCUT2D eigenvalue weighted by Crippen LogP contribution is -2.64. The van der Waals surface area contributed by atoms with Gasteiger partial charge in [-0.25, -0.2) is 9.67 Å². The summed E-state index contributed by atoms with van der Waals surface area (Å²) in [6.45, 7) is 6.90. The van der Waals surface area contributed by atoms with Gasteiger partial charge in [0.05, 0.1) is 24.2 Å². The summed E-state index contributed by atoms with van der Waals surface area (Å²) in [5.41, 5.74) is 2.36. The molecule has 1 spiro atoms. The number of rotatable bonds is 5. The minimum Gasteiger partial charge on any atom is -0.378 e. The summed E-state index contributed by atoms with van der Waals surface area (Å²) in [5, 5.41) is 8.09. The summed E-state index contributed by atoms with van der Waals surface area (Å²) in [6.07, 6.45) is 8.82. The molecule has 2 aliphatic rings. The Kier molecular flexibility index (Phi) is 3.79. The Morgan fingerprint density at radius 3 is 2.79 bits per heavy atom. The van der Waals surface area contributed by atoms with Crippen molar-refractivity contribution in [3.63, 3.8) is 0 Å². The van der Waals surface area contributed by atoms with Crippen LogP contribution in [0.15, 0.2) is 18.5 Å². The van der Waals surface area contributed by atoms with E-state index in [1.807, 2.05) is 24.6 Å². The van der Waals surface area contributed by atoms with Crippen molar-refractivity contribution in [2.75, 3.05) is 11.9 Å². The van der Waals surface area contributed by atoms with Crippen molar-refractivity contribution in [2.24, 2.45) is 5.41 Å². The zero-order chi connectivity index (χ0) is 16.7. The number of aryl methyl sites for hydroxylation is 2. The number of anilines is 1. The fraction of sp³-hybridized carbons (Fsp3) is 0.611. The highest BCUT2D eigenvalue weighted by Crippen LogP contribution is 2.58. The van der Waals surface area contributed by atoms with Gasteiger partial charge in [-0.3, -0.25) is 4.98 Å². The summed E-state index contributed by atoms with van der Waals surface area (Å²) in [7, 11) is 0. The fourth-order valence-electron chi connectivity index (χ4n) is 4.21. The number of hydrogen-bond donors (Lipinski definition) is 1. The maximum atomic E-state index is 5.92. The molecule has 0 bridgehead atoms.